The third-order valence-corrected chi connectivity index (χ3v) is 3.61. The molecule has 110 valence electrons. The summed E-state index contributed by atoms with van der Waals surface area (Å²) in [6.07, 6.45) is 7.80. The topological polar surface area (TPSA) is 91.0 Å². The fourth-order valence-corrected chi connectivity index (χ4v) is 2.64. The Kier molecular flexibility index (Phi) is 3.10. The van der Waals surface area contributed by atoms with Crippen molar-refractivity contribution in [2.24, 2.45) is 0 Å². The Bertz CT molecular complexity index is 649. The second kappa shape index (κ2) is 4.70. The molecule has 1 aromatic heterocycles. The highest BCUT2D eigenvalue weighted by Crippen LogP contribution is 2.49. The zero-order valence-corrected chi connectivity index (χ0v) is 11.3. The van der Waals surface area contributed by atoms with Crippen LogP contribution in [0.5, 0.6) is 0 Å². The molecule has 0 bridgehead atoms. The highest BCUT2D eigenvalue weighted by molar-refractivity contribution is 5.95. The third kappa shape index (κ3) is 1.96. The van der Waals surface area contributed by atoms with Crippen LogP contribution in [0.4, 0.5) is 0 Å². The first-order valence-electron chi connectivity index (χ1n) is 6.28. The summed E-state index contributed by atoms with van der Waals surface area (Å²) in [7, 11) is 1.23. The molecule has 0 amide bonds. The maximum Gasteiger partial charge on any atom is 0.330 e. The first-order chi connectivity index (χ1) is 10.0. The molecule has 0 radical (unpaired) electrons. The molecule has 1 N–H and O–H groups in total. The molecule has 1 aliphatic heterocycles. The first kappa shape index (κ1) is 13.8. The smallest absolute Gasteiger partial charge is 0.330 e. The summed E-state index contributed by atoms with van der Waals surface area (Å²) in [6.45, 7) is 0.700. The van der Waals surface area contributed by atoms with E-state index in [9.17, 15) is 9.90 Å². The van der Waals surface area contributed by atoms with Crippen molar-refractivity contribution < 1.29 is 28.6 Å². The normalized spacial score (nSPS) is 28.3. The van der Waals surface area contributed by atoms with E-state index in [1.54, 1.807) is 0 Å². The van der Waals surface area contributed by atoms with Gasteiger partial charge in [-0.2, -0.15) is 0 Å². The molecule has 2 heterocycles. The monoisotopic (exact) mass is 291 g/mol. The maximum atomic E-state index is 11.5. The lowest BCUT2D eigenvalue weighted by Crippen LogP contribution is -2.45. The lowest BCUT2D eigenvalue weighted by molar-refractivity contribution is -0.195. The second-order valence-electron chi connectivity index (χ2n) is 4.79. The van der Waals surface area contributed by atoms with E-state index in [1.165, 1.54) is 13.4 Å². The highest BCUT2D eigenvalue weighted by atomic mass is 16.7. The van der Waals surface area contributed by atoms with E-state index in [4.69, 9.17) is 20.4 Å². The summed E-state index contributed by atoms with van der Waals surface area (Å²) >= 11 is 0. The van der Waals surface area contributed by atoms with Gasteiger partial charge in [0.15, 0.2) is 11.3 Å². The zero-order chi connectivity index (χ0) is 15.1. The standard InChI is InChI=1S/C14H13NO6/c1-3-13(17)8-14(19-4-5-20-14)12-9(7-21-15-12)10(13)6-11(16)18-2/h1,6-7,17H,4-5,8H2,2H3/b10-6+/t13-/m0/s1. The van der Waals surface area contributed by atoms with Gasteiger partial charge in [-0.1, -0.05) is 11.1 Å². The molecule has 1 aromatic rings. The van der Waals surface area contributed by atoms with Gasteiger partial charge in [-0.05, 0) is 0 Å². The number of carbonyl (C=O) groups excluding carboxylic acids is 1. The Balaban J connectivity index is 2.19. The summed E-state index contributed by atoms with van der Waals surface area (Å²) < 4.78 is 20.7. The summed E-state index contributed by atoms with van der Waals surface area (Å²) in [5.74, 6) is 0.395. The number of carbonyl (C=O) groups is 1. The number of hydrogen-bond donors (Lipinski definition) is 1. The van der Waals surface area contributed by atoms with Gasteiger partial charge in [0, 0.05) is 11.6 Å². The van der Waals surface area contributed by atoms with Crippen LogP contribution in [0.2, 0.25) is 0 Å². The summed E-state index contributed by atoms with van der Waals surface area (Å²) in [4.78, 5) is 11.5. The highest BCUT2D eigenvalue weighted by Gasteiger charge is 2.55. The van der Waals surface area contributed by atoms with Crippen LogP contribution in [0.3, 0.4) is 0 Å². The Morgan fingerprint density at radius 1 is 1.57 bits per heavy atom. The minimum atomic E-state index is -1.75. The van der Waals surface area contributed by atoms with E-state index < -0.39 is 17.4 Å². The number of esters is 1. The molecule has 1 spiro atoms. The first-order valence-corrected chi connectivity index (χ1v) is 6.28. The van der Waals surface area contributed by atoms with Gasteiger partial charge < -0.3 is 23.8 Å². The van der Waals surface area contributed by atoms with E-state index in [0.29, 0.717) is 24.5 Å². The molecule has 0 unspecified atom stereocenters. The largest absolute Gasteiger partial charge is 0.466 e. The average Bonchev–Trinajstić information content (AvgIpc) is 3.13. The van der Waals surface area contributed by atoms with Crippen LogP contribution in [0, 0.1) is 12.3 Å². The Hall–Kier alpha value is -2.14. The van der Waals surface area contributed by atoms with E-state index in [-0.39, 0.29) is 12.0 Å². The SMILES string of the molecule is C#C[C@]1(O)CC2(OCCO2)c2nocc2/C1=C\C(=O)OC. The van der Waals surface area contributed by atoms with Gasteiger partial charge in [0.05, 0.1) is 32.3 Å². The molecule has 1 atom stereocenters. The van der Waals surface area contributed by atoms with Gasteiger partial charge in [-0.25, -0.2) is 4.79 Å². The Morgan fingerprint density at radius 3 is 2.90 bits per heavy atom. The number of ether oxygens (including phenoxy) is 3. The molecule has 1 saturated heterocycles. The van der Waals surface area contributed by atoms with Gasteiger partial charge in [0.2, 0.25) is 5.79 Å². The molecule has 3 rings (SSSR count). The summed E-state index contributed by atoms with van der Waals surface area (Å²) in [6, 6.07) is 0. The van der Waals surface area contributed by atoms with Crippen molar-refractivity contribution in [2.75, 3.05) is 20.3 Å². The van der Waals surface area contributed by atoms with Crippen LogP contribution in [-0.2, 0) is 24.8 Å². The van der Waals surface area contributed by atoms with Crippen molar-refractivity contribution >= 4 is 11.5 Å². The second-order valence-corrected chi connectivity index (χ2v) is 4.79. The molecule has 0 saturated carbocycles. The number of methoxy groups -OCH3 is 1. The third-order valence-electron chi connectivity index (χ3n) is 3.61. The van der Waals surface area contributed by atoms with Crippen molar-refractivity contribution in [3.05, 3.63) is 23.6 Å². The molecule has 1 fully saturated rings. The van der Waals surface area contributed by atoms with Gasteiger partial charge >= 0.3 is 5.97 Å². The zero-order valence-electron chi connectivity index (χ0n) is 11.3. The van der Waals surface area contributed by atoms with Crippen LogP contribution in [0.15, 0.2) is 16.9 Å². The number of rotatable bonds is 1. The molecule has 7 nitrogen and oxygen atoms in total. The van der Waals surface area contributed by atoms with Crippen molar-refractivity contribution in [1.29, 1.82) is 0 Å². The molecule has 21 heavy (non-hydrogen) atoms. The van der Waals surface area contributed by atoms with Crippen molar-refractivity contribution in [3.8, 4) is 12.3 Å². The average molecular weight is 291 g/mol. The molecule has 7 heteroatoms. The predicted octanol–water partition coefficient (Wildman–Crippen LogP) is 0.199. The number of aliphatic hydroxyl groups is 1. The van der Waals surface area contributed by atoms with E-state index in [1.807, 2.05) is 0 Å². The fourth-order valence-electron chi connectivity index (χ4n) is 2.64. The lowest BCUT2D eigenvalue weighted by atomic mass is 9.76. The van der Waals surface area contributed by atoms with Crippen LogP contribution < -0.4 is 0 Å². The minimum absolute atomic E-state index is 0.0845. The molecular formula is C14H13NO6. The Labute approximate surface area is 120 Å². The van der Waals surface area contributed by atoms with Crippen molar-refractivity contribution in [1.82, 2.24) is 5.16 Å². The predicted molar refractivity (Wildman–Crippen MR) is 68.5 cm³/mol. The molecule has 0 aromatic carbocycles. The van der Waals surface area contributed by atoms with Gasteiger partial charge in [0.25, 0.3) is 0 Å². The number of terminal acetylenes is 1. The minimum Gasteiger partial charge on any atom is -0.466 e. The summed E-state index contributed by atoms with van der Waals surface area (Å²) in [5, 5.41) is 14.6. The lowest BCUT2D eigenvalue weighted by Gasteiger charge is -2.38. The number of fused-ring (bicyclic) bond motifs is 2. The van der Waals surface area contributed by atoms with Gasteiger partial charge in [0.1, 0.15) is 6.26 Å². The Morgan fingerprint density at radius 2 is 2.29 bits per heavy atom. The van der Waals surface area contributed by atoms with Crippen LogP contribution in [-0.4, -0.2) is 42.2 Å². The number of aromatic nitrogens is 1. The molecule has 2 aliphatic rings. The van der Waals surface area contributed by atoms with Crippen LogP contribution >= 0.6 is 0 Å². The van der Waals surface area contributed by atoms with Gasteiger partial charge in [-0.15, -0.1) is 6.42 Å². The summed E-state index contributed by atoms with van der Waals surface area (Å²) in [5.41, 5.74) is -0.848. The number of hydrogen-bond acceptors (Lipinski definition) is 7. The van der Waals surface area contributed by atoms with Crippen molar-refractivity contribution in [3.63, 3.8) is 0 Å². The molecular weight excluding hydrogens is 278 g/mol. The van der Waals surface area contributed by atoms with Gasteiger partial charge in [-0.3, -0.25) is 0 Å². The van der Waals surface area contributed by atoms with Crippen LogP contribution in [0.25, 0.3) is 5.57 Å². The number of nitrogens with zero attached hydrogens (tertiary/aromatic N) is 1. The quantitative estimate of drug-likeness (QED) is 0.449. The van der Waals surface area contributed by atoms with Crippen molar-refractivity contribution in [2.45, 2.75) is 17.8 Å². The van der Waals surface area contributed by atoms with E-state index in [2.05, 4.69) is 15.8 Å². The van der Waals surface area contributed by atoms with E-state index >= 15 is 0 Å². The van der Waals surface area contributed by atoms with E-state index in [0.717, 1.165) is 6.08 Å². The maximum absolute atomic E-state index is 11.5. The van der Waals surface area contributed by atoms with Crippen LogP contribution in [0.1, 0.15) is 17.7 Å². The molecule has 1 aliphatic carbocycles. The fraction of sp³-hybridized carbons (Fsp3) is 0.429.